The van der Waals surface area contributed by atoms with Crippen molar-refractivity contribution in [3.63, 3.8) is 0 Å². The average molecular weight is 237 g/mol. The van der Waals surface area contributed by atoms with Gasteiger partial charge < -0.3 is 10.3 Å². The van der Waals surface area contributed by atoms with Crippen LogP contribution in [0, 0.1) is 0 Å². The molecule has 2 nitrogen and oxygen atoms in total. The topological polar surface area (TPSA) is 49.1 Å². The molecule has 0 aliphatic carbocycles. The van der Waals surface area contributed by atoms with Gasteiger partial charge in [0, 0.05) is 28.7 Å². The first-order chi connectivity index (χ1) is 7.31. The van der Waals surface area contributed by atoms with E-state index in [1.807, 2.05) is 42.5 Å². The molecule has 0 fully saturated rings. The molecular formula is C11H11NOS2. The Kier molecular flexibility index (Phi) is 3.43. The Bertz CT molecular complexity index is 427. The molecule has 0 amide bonds. The Morgan fingerprint density at radius 3 is 2.47 bits per heavy atom. The molecule has 2 rings (SSSR count). The second-order valence-electron chi connectivity index (χ2n) is 3.01. The van der Waals surface area contributed by atoms with Crippen molar-refractivity contribution in [2.24, 2.45) is 5.73 Å². The largest absolute Gasteiger partial charge is 0.606 e. The Labute approximate surface area is 95.9 Å². The average Bonchev–Trinajstić information content (AvgIpc) is 2.78. The van der Waals surface area contributed by atoms with Gasteiger partial charge in [-0.25, -0.2) is 0 Å². The highest BCUT2D eigenvalue weighted by atomic mass is 32.2. The molecule has 0 spiro atoms. The van der Waals surface area contributed by atoms with Crippen LogP contribution in [0.1, 0.15) is 4.88 Å². The highest BCUT2D eigenvalue weighted by Gasteiger charge is 2.16. The summed E-state index contributed by atoms with van der Waals surface area (Å²) in [5.74, 6) is 0. The van der Waals surface area contributed by atoms with E-state index in [0.29, 0.717) is 6.54 Å². The lowest BCUT2D eigenvalue weighted by molar-refractivity contribution is 0.597. The van der Waals surface area contributed by atoms with E-state index in [1.54, 1.807) is 0 Å². The minimum absolute atomic E-state index is 0.511. The van der Waals surface area contributed by atoms with Crippen LogP contribution >= 0.6 is 11.3 Å². The molecule has 1 aromatic heterocycles. The molecule has 1 aromatic carbocycles. The quantitative estimate of drug-likeness (QED) is 0.833. The van der Waals surface area contributed by atoms with Crippen molar-refractivity contribution in [3.05, 3.63) is 47.3 Å². The van der Waals surface area contributed by atoms with Gasteiger partial charge in [-0.1, -0.05) is 29.5 Å². The smallest absolute Gasteiger partial charge is 0.212 e. The van der Waals surface area contributed by atoms with Crippen LogP contribution in [0.15, 0.2) is 51.6 Å². The van der Waals surface area contributed by atoms with Crippen molar-refractivity contribution in [1.82, 2.24) is 0 Å². The monoisotopic (exact) mass is 237 g/mol. The summed E-state index contributed by atoms with van der Waals surface area (Å²) in [5.41, 5.74) is 5.51. The first-order valence-corrected chi connectivity index (χ1v) is 6.53. The van der Waals surface area contributed by atoms with Gasteiger partial charge in [0.25, 0.3) is 0 Å². The minimum Gasteiger partial charge on any atom is -0.606 e. The van der Waals surface area contributed by atoms with Gasteiger partial charge in [-0.2, -0.15) is 0 Å². The Hall–Kier alpha value is -0.810. The van der Waals surface area contributed by atoms with Gasteiger partial charge >= 0.3 is 0 Å². The molecule has 0 aliphatic heterocycles. The van der Waals surface area contributed by atoms with Crippen LogP contribution in [0.2, 0.25) is 0 Å². The molecule has 0 aliphatic rings. The maximum atomic E-state index is 12.1. The fraction of sp³-hybridized carbons (Fsp3) is 0.0909. The number of thiophene rings is 1. The summed E-state index contributed by atoms with van der Waals surface area (Å²) in [6, 6.07) is 13.3. The molecule has 0 saturated heterocycles. The van der Waals surface area contributed by atoms with Gasteiger partial charge in [-0.05, 0) is 18.2 Å². The Morgan fingerprint density at radius 2 is 1.87 bits per heavy atom. The molecule has 4 heteroatoms. The van der Waals surface area contributed by atoms with Gasteiger partial charge in [0.15, 0.2) is 4.90 Å². The highest BCUT2D eigenvalue weighted by molar-refractivity contribution is 7.93. The van der Waals surface area contributed by atoms with Crippen molar-refractivity contribution in [2.75, 3.05) is 0 Å². The maximum absolute atomic E-state index is 12.1. The van der Waals surface area contributed by atoms with E-state index in [2.05, 4.69) is 0 Å². The number of hydrogen-bond donors (Lipinski definition) is 1. The zero-order valence-electron chi connectivity index (χ0n) is 8.05. The van der Waals surface area contributed by atoms with Crippen LogP contribution in [0.25, 0.3) is 0 Å². The summed E-state index contributed by atoms with van der Waals surface area (Å²) in [5, 5.41) is 0. The van der Waals surface area contributed by atoms with E-state index in [4.69, 9.17) is 5.73 Å². The third-order valence-electron chi connectivity index (χ3n) is 1.98. The summed E-state index contributed by atoms with van der Waals surface area (Å²) in [6.07, 6.45) is 0. The lowest BCUT2D eigenvalue weighted by Crippen LogP contribution is -1.98. The van der Waals surface area contributed by atoms with Crippen molar-refractivity contribution in [1.29, 1.82) is 0 Å². The van der Waals surface area contributed by atoms with Gasteiger partial charge in [0.2, 0.25) is 4.21 Å². The summed E-state index contributed by atoms with van der Waals surface area (Å²) in [6.45, 7) is 0.511. The van der Waals surface area contributed by atoms with Crippen LogP contribution in [0.5, 0.6) is 0 Å². The van der Waals surface area contributed by atoms with Crippen molar-refractivity contribution < 1.29 is 4.55 Å². The van der Waals surface area contributed by atoms with Crippen molar-refractivity contribution >= 4 is 22.5 Å². The number of hydrogen-bond acceptors (Lipinski definition) is 3. The molecule has 0 radical (unpaired) electrons. The SMILES string of the molecule is NCc1ccc([S+]([O-])c2ccccc2)s1. The van der Waals surface area contributed by atoms with E-state index < -0.39 is 11.2 Å². The van der Waals surface area contributed by atoms with Crippen LogP contribution < -0.4 is 5.73 Å². The van der Waals surface area contributed by atoms with Crippen LogP contribution in [-0.4, -0.2) is 4.55 Å². The number of rotatable bonds is 3. The van der Waals surface area contributed by atoms with Gasteiger partial charge in [-0.3, -0.25) is 0 Å². The number of benzene rings is 1. The molecule has 2 aromatic rings. The van der Waals surface area contributed by atoms with Crippen LogP contribution in [-0.2, 0) is 17.7 Å². The second kappa shape index (κ2) is 4.81. The van der Waals surface area contributed by atoms with Gasteiger partial charge in [0.05, 0.1) is 0 Å². The molecule has 15 heavy (non-hydrogen) atoms. The maximum Gasteiger partial charge on any atom is 0.212 e. The molecule has 0 saturated carbocycles. The van der Waals surface area contributed by atoms with Gasteiger partial charge in [-0.15, -0.1) is 0 Å². The molecule has 78 valence electrons. The van der Waals surface area contributed by atoms with Gasteiger partial charge in [0.1, 0.15) is 0 Å². The third kappa shape index (κ3) is 2.41. The Morgan fingerprint density at radius 1 is 1.13 bits per heavy atom. The third-order valence-corrected chi connectivity index (χ3v) is 4.79. The first kappa shape index (κ1) is 10.7. The predicted molar refractivity (Wildman–Crippen MR) is 63.3 cm³/mol. The van der Waals surface area contributed by atoms with Crippen molar-refractivity contribution in [2.45, 2.75) is 15.6 Å². The fourth-order valence-electron chi connectivity index (χ4n) is 1.23. The first-order valence-electron chi connectivity index (χ1n) is 4.57. The van der Waals surface area contributed by atoms with E-state index in [0.717, 1.165) is 14.0 Å². The summed E-state index contributed by atoms with van der Waals surface area (Å²) in [7, 11) is 0. The predicted octanol–water partition coefficient (Wildman–Crippen LogP) is 2.37. The number of nitrogens with two attached hydrogens (primary N) is 1. The molecule has 1 heterocycles. The minimum atomic E-state index is -1.06. The normalized spacial score (nSPS) is 12.7. The summed E-state index contributed by atoms with van der Waals surface area (Å²) in [4.78, 5) is 1.90. The lowest BCUT2D eigenvalue weighted by Gasteiger charge is -2.06. The fourth-order valence-corrected chi connectivity index (χ4v) is 3.58. The summed E-state index contributed by atoms with van der Waals surface area (Å²) >= 11 is 0.446. The van der Waals surface area contributed by atoms with Crippen LogP contribution in [0.4, 0.5) is 0 Å². The molecule has 1 atom stereocenters. The molecule has 2 N–H and O–H groups in total. The second-order valence-corrected chi connectivity index (χ2v) is 5.88. The van der Waals surface area contributed by atoms with E-state index in [9.17, 15) is 4.55 Å². The Balaban J connectivity index is 2.24. The zero-order chi connectivity index (χ0) is 10.7. The van der Waals surface area contributed by atoms with Crippen LogP contribution in [0.3, 0.4) is 0 Å². The lowest BCUT2D eigenvalue weighted by atomic mass is 10.4. The molecular weight excluding hydrogens is 226 g/mol. The highest BCUT2D eigenvalue weighted by Crippen LogP contribution is 2.27. The van der Waals surface area contributed by atoms with E-state index in [1.165, 1.54) is 11.3 Å². The van der Waals surface area contributed by atoms with E-state index in [-0.39, 0.29) is 0 Å². The molecule has 1 unspecified atom stereocenters. The zero-order valence-corrected chi connectivity index (χ0v) is 9.68. The van der Waals surface area contributed by atoms with Crippen molar-refractivity contribution in [3.8, 4) is 0 Å². The van der Waals surface area contributed by atoms with E-state index >= 15 is 0 Å². The standard InChI is InChI=1S/C11H11NOS2/c12-8-9-6-7-11(14-9)15(13)10-4-2-1-3-5-10/h1-7H,8,12H2. The summed E-state index contributed by atoms with van der Waals surface area (Å²) < 4.78 is 12.9. The molecule has 0 bridgehead atoms.